The molecule has 1 aliphatic rings. The summed E-state index contributed by atoms with van der Waals surface area (Å²) in [5.41, 5.74) is 5.87. The minimum atomic E-state index is 0. The van der Waals surface area contributed by atoms with Gasteiger partial charge in [-0.1, -0.05) is 13.3 Å². The van der Waals surface area contributed by atoms with E-state index in [2.05, 4.69) is 22.1 Å². The van der Waals surface area contributed by atoms with Gasteiger partial charge < -0.3 is 15.8 Å². The largest absolute Gasteiger partial charge is 0.383 e. The SMILES string of the molecule is CCN1CCCCC1CN=C(N)NC(C)COC.I. The molecule has 2 unspecified atom stereocenters. The maximum absolute atomic E-state index is 5.87. The summed E-state index contributed by atoms with van der Waals surface area (Å²) in [4.78, 5) is 6.95. The smallest absolute Gasteiger partial charge is 0.188 e. The zero-order chi connectivity index (χ0) is 13.4. The number of hydrogen-bond donors (Lipinski definition) is 2. The number of likely N-dealkylation sites (tertiary alicyclic amines) is 1. The first-order valence-corrected chi connectivity index (χ1v) is 6.96. The van der Waals surface area contributed by atoms with Crippen molar-refractivity contribution in [3.05, 3.63) is 0 Å². The Hall–Kier alpha value is -0.0800. The monoisotopic (exact) mass is 384 g/mol. The molecule has 2 atom stereocenters. The van der Waals surface area contributed by atoms with Gasteiger partial charge >= 0.3 is 0 Å². The van der Waals surface area contributed by atoms with Gasteiger partial charge in [0.1, 0.15) is 0 Å². The molecule has 0 saturated carbocycles. The van der Waals surface area contributed by atoms with Gasteiger partial charge in [-0.25, -0.2) is 0 Å². The summed E-state index contributed by atoms with van der Waals surface area (Å²) in [7, 11) is 1.69. The zero-order valence-corrected chi connectivity index (χ0v) is 14.7. The average Bonchev–Trinajstić information content (AvgIpc) is 2.37. The Morgan fingerprint density at radius 2 is 2.26 bits per heavy atom. The molecular formula is C13H29IN4O. The first-order chi connectivity index (χ1) is 8.67. The highest BCUT2D eigenvalue weighted by Crippen LogP contribution is 2.16. The maximum atomic E-state index is 5.87. The molecule has 1 rings (SSSR count). The van der Waals surface area contributed by atoms with Crippen LogP contribution in [0, 0.1) is 0 Å². The summed E-state index contributed by atoms with van der Waals surface area (Å²) in [6.45, 7) is 7.99. The van der Waals surface area contributed by atoms with Crippen molar-refractivity contribution in [1.29, 1.82) is 0 Å². The van der Waals surface area contributed by atoms with Crippen LogP contribution in [0.3, 0.4) is 0 Å². The second-order valence-electron chi connectivity index (χ2n) is 5.00. The average molecular weight is 384 g/mol. The molecule has 3 N–H and O–H groups in total. The summed E-state index contributed by atoms with van der Waals surface area (Å²) in [6.07, 6.45) is 3.86. The number of halogens is 1. The topological polar surface area (TPSA) is 62.9 Å². The molecule has 0 radical (unpaired) electrons. The number of rotatable bonds is 6. The highest BCUT2D eigenvalue weighted by atomic mass is 127. The van der Waals surface area contributed by atoms with Gasteiger partial charge in [0.05, 0.1) is 13.2 Å². The Morgan fingerprint density at radius 3 is 2.89 bits per heavy atom. The van der Waals surface area contributed by atoms with Crippen LogP contribution in [0.4, 0.5) is 0 Å². The van der Waals surface area contributed by atoms with Crippen LogP contribution in [0.1, 0.15) is 33.1 Å². The highest BCUT2D eigenvalue weighted by Gasteiger charge is 2.20. The highest BCUT2D eigenvalue weighted by molar-refractivity contribution is 14.0. The lowest BCUT2D eigenvalue weighted by Gasteiger charge is -2.33. The van der Waals surface area contributed by atoms with Gasteiger partial charge in [-0.3, -0.25) is 9.89 Å². The van der Waals surface area contributed by atoms with Gasteiger partial charge in [-0.05, 0) is 32.9 Å². The minimum Gasteiger partial charge on any atom is -0.383 e. The molecule has 0 aromatic rings. The van der Waals surface area contributed by atoms with Crippen molar-refractivity contribution in [1.82, 2.24) is 10.2 Å². The number of aliphatic imine (C=N–C) groups is 1. The fraction of sp³-hybridized carbons (Fsp3) is 0.923. The van der Waals surface area contributed by atoms with Crippen molar-refractivity contribution in [3.63, 3.8) is 0 Å². The number of piperidine rings is 1. The molecule has 0 bridgehead atoms. The second-order valence-corrected chi connectivity index (χ2v) is 5.00. The van der Waals surface area contributed by atoms with Crippen molar-refractivity contribution in [2.24, 2.45) is 10.7 Å². The van der Waals surface area contributed by atoms with E-state index >= 15 is 0 Å². The number of methoxy groups -OCH3 is 1. The van der Waals surface area contributed by atoms with Gasteiger partial charge in [-0.15, -0.1) is 24.0 Å². The molecule has 0 aromatic heterocycles. The molecule has 0 spiro atoms. The Bertz CT molecular complexity index is 263. The van der Waals surface area contributed by atoms with E-state index in [0.717, 1.165) is 13.1 Å². The first-order valence-electron chi connectivity index (χ1n) is 6.96. The quantitative estimate of drug-likeness (QED) is 0.413. The molecule has 0 aromatic carbocycles. The molecule has 0 aliphatic carbocycles. The Balaban J connectivity index is 0.00000324. The molecule has 114 valence electrons. The van der Waals surface area contributed by atoms with Crippen molar-refractivity contribution in [2.75, 3.05) is 33.4 Å². The van der Waals surface area contributed by atoms with E-state index in [1.165, 1.54) is 25.8 Å². The molecule has 1 aliphatic heterocycles. The Kier molecular flexibility index (Phi) is 10.6. The van der Waals surface area contributed by atoms with Crippen LogP contribution in [0.25, 0.3) is 0 Å². The number of nitrogens with one attached hydrogen (secondary N) is 1. The Morgan fingerprint density at radius 1 is 1.53 bits per heavy atom. The van der Waals surface area contributed by atoms with E-state index < -0.39 is 0 Å². The van der Waals surface area contributed by atoms with Gasteiger partial charge in [-0.2, -0.15) is 0 Å². The van der Waals surface area contributed by atoms with E-state index in [4.69, 9.17) is 10.5 Å². The van der Waals surface area contributed by atoms with Crippen LogP contribution in [-0.4, -0.2) is 56.3 Å². The molecule has 6 heteroatoms. The van der Waals surface area contributed by atoms with Crippen LogP contribution in [0.2, 0.25) is 0 Å². The first kappa shape index (κ1) is 18.9. The molecular weight excluding hydrogens is 355 g/mol. The van der Waals surface area contributed by atoms with Crippen LogP contribution in [-0.2, 0) is 4.74 Å². The number of nitrogens with zero attached hydrogens (tertiary/aromatic N) is 2. The standard InChI is InChI=1S/C13H28N4O.HI/c1-4-17-8-6-5-7-12(17)9-15-13(14)16-11(2)10-18-3;/h11-12H,4-10H2,1-3H3,(H3,14,15,16);1H. The predicted molar refractivity (Wildman–Crippen MR) is 91.3 cm³/mol. The maximum Gasteiger partial charge on any atom is 0.188 e. The summed E-state index contributed by atoms with van der Waals surface area (Å²) < 4.78 is 5.05. The van der Waals surface area contributed by atoms with E-state index in [1.54, 1.807) is 7.11 Å². The zero-order valence-electron chi connectivity index (χ0n) is 12.4. The Labute approximate surface area is 134 Å². The molecule has 1 fully saturated rings. The molecule has 1 heterocycles. The van der Waals surface area contributed by atoms with Crippen LogP contribution in [0.15, 0.2) is 4.99 Å². The fourth-order valence-corrected chi connectivity index (χ4v) is 2.48. The van der Waals surface area contributed by atoms with Crippen molar-refractivity contribution >= 4 is 29.9 Å². The molecule has 5 nitrogen and oxygen atoms in total. The fourth-order valence-electron chi connectivity index (χ4n) is 2.48. The number of hydrogen-bond acceptors (Lipinski definition) is 3. The third-order valence-corrected chi connectivity index (χ3v) is 3.44. The van der Waals surface area contributed by atoms with Gasteiger partial charge in [0, 0.05) is 19.2 Å². The van der Waals surface area contributed by atoms with E-state index in [0.29, 0.717) is 18.6 Å². The number of nitrogens with two attached hydrogens (primary N) is 1. The molecule has 0 amide bonds. The van der Waals surface area contributed by atoms with Crippen LogP contribution < -0.4 is 11.1 Å². The predicted octanol–water partition coefficient (Wildman–Crippen LogP) is 1.42. The van der Waals surface area contributed by atoms with Crippen LogP contribution in [0.5, 0.6) is 0 Å². The van der Waals surface area contributed by atoms with E-state index in [-0.39, 0.29) is 30.0 Å². The lowest BCUT2D eigenvalue weighted by Crippen LogP contribution is -2.44. The van der Waals surface area contributed by atoms with Crippen molar-refractivity contribution in [2.45, 2.75) is 45.2 Å². The third-order valence-electron chi connectivity index (χ3n) is 3.44. The summed E-state index contributed by atoms with van der Waals surface area (Å²) in [6, 6.07) is 0.759. The second kappa shape index (κ2) is 10.7. The molecule has 19 heavy (non-hydrogen) atoms. The lowest BCUT2D eigenvalue weighted by atomic mass is 10.0. The minimum absolute atomic E-state index is 0. The molecule has 1 saturated heterocycles. The van der Waals surface area contributed by atoms with Crippen molar-refractivity contribution < 1.29 is 4.74 Å². The third kappa shape index (κ3) is 7.31. The number of ether oxygens (including phenoxy) is 1. The van der Waals surface area contributed by atoms with Gasteiger partial charge in [0.25, 0.3) is 0 Å². The van der Waals surface area contributed by atoms with Gasteiger partial charge in [0.2, 0.25) is 0 Å². The van der Waals surface area contributed by atoms with Gasteiger partial charge in [0.15, 0.2) is 5.96 Å². The van der Waals surface area contributed by atoms with E-state index in [9.17, 15) is 0 Å². The summed E-state index contributed by atoms with van der Waals surface area (Å²) in [5, 5.41) is 3.14. The number of guanidine groups is 1. The van der Waals surface area contributed by atoms with E-state index in [1.807, 2.05) is 6.92 Å². The van der Waals surface area contributed by atoms with Crippen LogP contribution >= 0.6 is 24.0 Å². The summed E-state index contributed by atoms with van der Waals surface area (Å²) in [5.74, 6) is 0.529. The summed E-state index contributed by atoms with van der Waals surface area (Å²) >= 11 is 0. The lowest BCUT2D eigenvalue weighted by molar-refractivity contribution is 0.161. The van der Waals surface area contributed by atoms with Crippen molar-refractivity contribution in [3.8, 4) is 0 Å². The normalized spacial score (nSPS) is 22.7. The number of likely N-dealkylation sites (N-methyl/N-ethyl adjacent to an activating group) is 1.